The quantitative estimate of drug-likeness (QED) is 0.454. The maximum Gasteiger partial charge on any atom is 0.316 e. The van der Waals surface area contributed by atoms with E-state index in [4.69, 9.17) is 5.73 Å². The number of nitrogens with one attached hydrogen (secondary N) is 3. The Morgan fingerprint density at radius 1 is 1.00 bits per heavy atom. The molecule has 0 radical (unpaired) electrons. The van der Waals surface area contributed by atoms with Gasteiger partial charge in [-0.15, -0.1) is 0 Å². The molecule has 10 heteroatoms. The lowest BCUT2D eigenvalue weighted by Gasteiger charge is -2.09. The number of carbonyl (C=O) groups is 3. The summed E-state index contributed by atoms with van der Waals surface area (Å²) in [6.45, 7) is -0.338. The molecule has 0 unspecified atom stereocenters. The Balaban J connectivity index is 1.92. The summed E-state index contributed by atoms with van der Waals surface area (Å²) in [5.74, 6) is -1.13. The molecule has 2 rings (SSSR count). The predicted molar refractivity (Wildman–Crippen MR) is 93.7 cm³/mol. The Bertz CT molecular complexity index is 868. The first-order valence-electron chi connectivity index (χ1n) is 7.34. The van der Waals surface area contributed by atoms with Crippen molar-refractivity contribution >= 4 is 34.9 Å². The molecule has 0 saturated carbocycles. The molecule has 134 valence electrons. The van der Waals surface area contributed by atoms with Crippen molar-refractivity contribution in [2.75, 3.05) is 17.2 Å². The molecular formula is C16H15N5O5. The third-order valence-corrected chi connectivity index (χ3v) is 3.14. The van der Waals surface area contributed by atoms with Gasteiger partial charge in [0.25, 0.3) is 11.6 Å². The molecule has 0 aliphatic rings. The average Bonchev–Trinajstić information content (AvgIpc) is 2.59. The van der Waals surface area contributed by atoms with Crippen LogP contribution in [0.2, 0.25) is 0 Å². The number of nitrogens with two attached hydrogens (primary N) is 1. The van der Waals surface area contributed by atoms with E-state index in [1.807, 2.05) is 0 Å². The van der Waals surface area contributed by atoms with Gasteiger partial charge in [0, 0.05) is 29.1 Å². The molecule has 0 spiro atoms. The fraction of sp³-hybridized carbons (Fsp3) is 0.0625. The summed E-state index contributed by atoms with van der Waals surface area (Å²) in [4.78, 5) is 44.8. The van der Waals surface area contributed by atoms with Crippen LogP contribution in [0.15, 0.2) is 48.5 Å². The van der Waals surface area contributed by atoms with Crippen LogP contribution in [-0.4, -0.2) is 29.3 Å². The zero-order valence-electron chi connectivity index (χ0n) is 13.4. The van der Waals surface area contributed by atoms with E-state index in [0.717, 1.165) is 6.07 Å². The molecule has 2 aromatic carbocycles. The van der Waals surface area contributed by atoms with E-state index >= 15 is 0 Å². The van der Waals surface area contributed by atoms with Gasteiger partial charge in [-0.25, -0.2) is 4.79 Å². The Kier molecular flexibility index (Phi) is 5.83. The van der Waals surface area contributed by atoms with Gasteiger partial charge in [-0.3, -0.25) is 19.7 Å². The summed E-state index contributed by atoms with van der Waals surface area (Å²) in [6, 6.07) is 10.7. The molecule has 0 aliphatic carbocycles. The second-order valence-electron chi connectivity index (χ2n) is 5.11. The van der Waals surface area contributed by atoms with Crippen molar-refractivity contribution in [3.63, 3.8) is 0 Å². The third kappa shape index (κ3) is 5.30. The number of urea groups is 1. The smallest absolute Gasteiger partial charge is 0.316 e. The van der Waals surface area contributed by atoms with E-state index in [-0.39, 0.29) is 17.8 Å². The van der Waals surface area contributed by atoms with Gasteiger partial charge in [0.15, 0.2) is 0 Å². The highest BCUT2D eigenvalue weighted by molar-refractivity contribution is 6.00. The van der Waals surface area contributed by atoms with Crippen LogP contribution in [0.4, 0.5) is 21.9 Å². The number of hydrogen-bond acceptors (Lipinski definition) is 5. The van der Waals surface area contributed by atoms with Crippen molar-refractivity contribution < 1.29 is 19.3 Å². The van der Waals surface area contributed by atoms with Gasteiger partial charge in [-0.2, -0.15) is 0 Å². The number of carbonyl (C=O) groups excluding carboxylic acids is 3. The van der Waals surface area contributed by atoms with Crippen LogP contribution in [0.5, 0.6) is 0 Å². The van der Waals surface area contributed by atoms with Gasteiger partial charge < -0.3 is 21.7 Å². The van der Waals surface area contributed by atoms with Crippen molar-refractivity contribution in [2.45, 2.75) is 0 Å². The minimum Gasteiger partial charge on any atom is -0.351 e. The number of nitrogens with zero attached hydrogens (tertiary/aromatic N) is 1. The van der Waals surface area contributed by atoms with Gasteiger partial charge in [-0.05, 0) is 24.3 Å². The standard InChI is InChI=1S/C16H15N5O5/c17-16(24)20-12-5-2-4-11(8-12)19-14(22)9-18-15(23)10-3-1-6-13(7-10)21(25)26/h1-8H,9H2,(H,18,23)(H,19,22)(H3,17,20,24). The van der Waals surface area contributed by atoms with Crippen molar-refractivity contribution in [2.24, 2.45) is 5.73 Å². The molecule has 5 N–H and O–H groups in total. The summed E-state index contributed by atoms with van der Waals surface area (Å²) in [5.41, 5.74) is 5.66. The number of non-ortho nitro benzene ring substituents is 1. The summed E-state index contributed by atoms with van der Waals surface area (Å²) in [5, 5.41) is 18.0. The first-order valence-corrected chi connectivity index (χ1v) is 7.34. The number of anilines is 2. The second kappa shape index (κ2) is 8.24. The predicted octanol–water partition coefficient (Wildman–Crippen LogP) is 1.45. The average molecular weight is 357 g/mol. The minimum atomic E-state index is -0.738. The summed E-state index contributed by atoms with van der Waals surface area (Å²) < 4.78 is 0. The second-order valence-corrected chi connectivity index (χ2v) is 5.11. The molecule has 0 fully saturated rings. The van der Waals surface area contributed by atoms with E-state index in [1.54, 1.807) is 18.2 Å². The SMILES string of the molecule is NC(=O)Nc1cccc(NC(=O)CNC(=O)c2cccc([N+](=O)[O-])c2)c1. The monoisotopic (exact) mass is 357 g/mol. The maximum atomic E-state index is 12.0. The van der Waals surface area contributed by atoms with Crippen molar-refractivity contribution in [3.05, 3.63) is 64.2 Å². The van der Waals surface area contributed by atoms with Crippen molar-refractivity contribution in [1.82, 2.24) is 5.32 Å². The van der Waals surface area contributed by atoms with E-state index in [0.29, 0.717) is 11.4 Å². The number of amides is 4. The molecule has 0 aromatic heterocycles. The topological polar surface area (TPSA) is 156 Å². The molecule has 0 aliphatic heterocycles. The first kappa shape index (κ1) is 18.4. The van der Waals surface area contributed by atoms with Gasteiger partial charge >= 0.3 is 6.03 Å². The normalized spacial score (nSPS) is 9.85. The number of nitro groups is 1. The fourth-order valence-corrected chi connectivity index (χ4v) is 2.05. The van der Waals surface area contributed by atoms with Gasteiger partial charge in [-0.1, -0.05) is 12.1 Å². The Hall–Kier alpha value is -3.95. The zero-order valence-corrected chi connectivity index (χ0v) is 13.4. The van der Waals surface area contributed by atoms with Gasteiger partial charge in [0.2, 0.25) is 5.91 Å². The molecule has 0 atom stereocenters. The van der Waals surface area contributed by atoms with E-state index in [2.05, 4.69) is 16.0 Å². The molecule has 0 heterocycles. The van der Waals surface area contributed by atoms with Crippen LogP contribution in [0.25, 0.3) is 0 Å². The highest BCUT2D eigenvalue weighted by Gasteiger charge is 2.12. The summed E-state index contributed by atoms with van der Waals surface area (Å²) in [7, 11) is 0. The number of nitro benzene ring substituents is 1. The molecule has 4 amide bonds. The number of primary amides is 1. The van der Waals surface area contributed by atoms with Crippen LogP contribution >= 0.6 is 0 Å². The fourth-order valence-electron chi connectivity index (χ4n) is 2.05. The van der Waals surface area contributed by atoms with Gasteiger partial charge in [0.05, 0.1) is 11.5 Å². The zero-order chi connectivity index (χ0) is 19.1. The Morgan fingerprint density at radius 2 is 1.65 bits per heavy atom. The van der Waals surface area contributed by atoms with Crippen molar-refractivity contribution in [3.8, 4) is 0 Å². The van der Waals surface area contributed by atoms with Crippen molar-refractivity contribution in [1.29, 1.82) is 0 Å². The Labute approximate surface area is 147 Å². The minimum absolute atomic E-state index is 0.0691. The van der Waals surface area contributed by atoms with E-state index in [1.165, 1.54) is 24.3 Å². The molecule has 0 bridgehead atoms. The summed E-state index contributed by atoms with van der Waals surface area (Å²) >= 11 is 0. The molecule has 26 heavy (non-hydrogen) atoms. The lowest BCUT2D eigenvalue weighted by Crippen LogP contribution is -2.32. The molecule has 2 aromatic rings. The van der Waals surface area contributed by atoms with Crippen LogP contribution in [0.1, 0.15) is 10.4 Å². The lowest BCUT2D eigenvalue weighted by atomic mass is 10.2. The third-order valence-electron chi connectivity index (χ3n) is 3.14. The summed E-state index contributed by atoms with van der Waals surface area (Å²) in [6.07, 6.45) is 0. The first-order chi connectivity index (χ1) is 12.3. The van der Waals surface area contributed by atoms with E-state index < -0.39 is 22.8 Å². The molecular weight excluding hydrogens is 342 g/mol. The molecule has 10 nitrogen and oxygen atoms in total. The van der Waals surface area contributed by atoms with Crippen LogP contribution in [0, 0.1) is 10.1 Å². The molecule has 0 saturated heterocycles. The van der Waals surface area contributed by atoms with Crippen LogP contribution in [0.3, 0.4) is 0 Å². The van der Waals surface area contributed by atoms with Crippen LogP contribution < -0.4 is 21.7 Å². The largest absolute Gasteiger partial charge is 0.351 e. The highest BCUT2D eigenvalue weighted by Crippen LogP contribution is 2.15. The lowest BCUT2D eigenvalue weighted by molar-refractivity contribution is -0.384. The van der Waals surface area contributed by atoms with E-state index in [9.17, 15) is 24.5 Å². The highest BCUT2D eigenvalue weighted by atomic mass is 16.6. The number of benzene rings is 2. The maximum absolute atomic E-state index is 12.0. The Morgan fingerprint density at radius 3 is 2.31 bits per heavy atom. The van der Waals surface area contributed by atoms with Gasteiger partial charge in [0.1, 0.15) is 0 Å². The van der Waals surface area contributed by atoms with Crippen LogP contribution in [-0.2, 0) is 4.79 Å². The number of rotatable bonds is 6. The number of hydrogen-bond donors (Lipinski definition) is 4.